The van der Waals surface area contributed by atoms with Gasteiger partial charge in [0.25, 0.3) is 5.91 Å². The fourth-order valence-electron chi connectivity index (χ4n) is 4.19. The number of ether oxygens (including phenoxy) is 1. The molecular weight excluding hydrogens is 464 g/mol. The van der Waals surface area contributed by atoms with Crippen LogP contribution in [0.15, 0.2) is 71.1 Å². The molecule has 0 bridgehead atoms. The van der Waals surface area contributed by atoms with Gasteiger partial charge in [0.1, 0.15) is 18.1 Å². The summed E-state index contributed by atoms with van der Waals surface area (Å²) in [4.78, 5) is 30.5. The minimum Gasteiger partial charge on any atom is -0.464 e. The number of carbonyl (C=O) groups is 2. The summed E-state index contributed by atoms with van der Waals surface area (Å²) in [7, 11) is 0. The van der Waals surface area contributed by atoms with Crippen LogP contribution in [0, 0.1) is 6.92 Å². The van der Waals surface area contributed by atoms with E-state index >= 15 is 0 Å². The summed E-state index contributed by atoms with van der Waals surface area (Å²) in [6.07, 6.45) is 3.92. The average molecular weight is 505 g/mol. The van der Waals surface area contributed by atoms with Gasteiger partial charge >= 0.3 is 0 Å². The van der Waals surface area contributed by atoms with E-state index in [-0.39, 0.29) is 18.4 Å². The van der Waals surface area contributed by atoms with Crippen molar-refractivity contribution in [1.82, 2.24) is 9.80 Å². The SMILES string of the molecule is CCCCc1ccc(C(=O)N(CCCOCC)CC(=O)N(Cc2ccccc2)Cc2ccc(C)o2)cc1. The summed E-state index contributed by atoms with van der Waals surface area (Å²) in [5, 5.41) is 0. The van der Waals surface area contributed by atoms with Crippen LogP contribution in [0.3, 0.4) is 0 Å². The Kier molecular flexibility index (Phi) is 11.4. The molecule has 198 valence electrons. The highest BCUT2D eigenvalue weighted by Gasteiger charge is 2.23. The second-order valence-corrected chi connectivity index (χ2v) is 9.33. The summed E-state index contributed by atoms with van der Waals surface area (Å²) in [6, 6.07) is 21.5. The van der Waals surface area contributed by atoms with Gasteiger partial charge in [0.15, 0.2) is 0 Å². The molecule has 0 fully saturated rings. The molecule has 0 N–H and O–H groups in total. The van der Waals surface area contributed by atoms with Crippen LogP contribution in [-0.2, 0) is 29.0 Å². The third kappa shape index (κ3) is 9.21. The van der Waals surface area contributed by atoms with Crippen molar-refractivity contribution in [3.05, 3.63) is 94.9 Å². The van der Waals surface area contributed by atoms with Crippen LogP contribution in [0.5, 0.6) is 0 Å². The standard InChI is InChI=1S/C31H40N2O4/c1-4-6-11-26-15-17-28(18-16-26)31(35)32(20-10-21-36-5-2)24-30(34)33(22-27-12-8-7-9-13-27)23-29-19-14-25(3)37-29/h7-9,12-19H,4-6,10-11,20-24H2,1-3H3. The molecule has 1 heterocycles. The number of furan rings is 1. The monoisotopic (exact) mass is 504 g/mol. The number of rotatable bonds is 15. The summed E-state index contributed by atoms with van der Waals surface area (Å²) in [5.74, 6) is 1.26. The number of nitrogens with zero attached hydrogens (tertiary/aromatic N) is 2. The highest BCUT2D eigenvalue weighted by Crippen LogP contribution is 2.15. The third-order valence-corrected chi connectivity index (χ3v) is 6.27. The van der Waals surface area contributed by atoms with Crippen molar-refractivity contribution in [2.75, 3.05) is 26.3 Å². The van der Waals surface area contributed by atoms with E-state index in [1.165, 1.54) is 5.56 Å². The van der Waals surface area contributed by atoms with Gasteiger partial charge in [-0.15, -0.1) is 0 Å². The first-order valence-corrected chi connectivity index (χ1v) is 13.3. The molecule has 6 nitrogen and oxygen atoms in total. The number of aryl methyl sites for hydroxylation is 2. The van der Waals surface area contributed by atoms with Crippen LogP contribution in [0.25, 0.3) is 0 Å². The van der Waals surface area contributed by atoms with E-state index < -0.39 is 0 Å². The van der Waals surface area contributed by atoms with Crippen molar-refractivity contribution >= 4 is 11.8 Å². The van der Waals surface area contributed by atoms with Gasteiger partial charge in [0.2, 0.25) is 5.91 Å². The molecule has 0 atom stereocenters. The van der Waals surface area contributed by atoms with E-state index in [1.54, 1.807) is 9.80 Å². The molecule has 0 aliphatic carbocycles. The molecule has 0 aliphatic rings. The van der Waals surface area contributed by atoms with Crippen LogP contribution in [0.2, 0.25) is 0 Å². The molecule has 0 radical (unpaired) electrons. The van der Waals surface area contributed by atoms with Crippen molar-refractivity contribution in [2.45, 2.75) is 59.5 Å². The normalized spacial score (nSPS) is 10.9. The topological polar surface area (TPSA) is 63.0 Å². The first kappa shape index (κ1) is 28.2. The predicted molar refractivity (Wildman–Crippen MR) is 146 cm³/mol. The van der Waals surface area contributed by atoms with Crippen LogP contribution in [0.1, 0.15) is 66.1 Å². The molecule has 0 saturated carbocycles. The number of hydrogen-bond acceptors (Lipinski definition) is 4. The molecule has 2 amide bonds. The highest BCUT2D eigenvalue weighted by atomic mass is 16.5. The predicted octanol–water partition coefficient (Wildman–Crippen LogP) is 6.03. The van der Waals surface area contributed by atoms with Gasteiger partial charge in [-0.25, -0.2) is 0 Å². The Morgan fingerprint density at radius 2 is 1.59 bits per heavy atom. The summed E-state index contributed by atoms with van der Waals surface area (Å²) in [5.41, 5.74) is 2.84. The molecule has 0 saturated heterocycles. The Hall–Kier alpha value is -3.38. The largest absolute Gasteiger partial charge is 0.464 e. The van der Waals surface area contributed by atoms with Crippen molar-refractivity contribution in [3.8, 4) is 0 Å². The van der Waals surface area contributed by atoms with Crippen molar-refractivity contribution in [2.24, 2.45) is 0 Å². The Bertz CT molecular complexity index is 1090. The summed E-state index contributed by atoms with van der Waals surface area (Å²) in [6.45, 7) is 8.40. The zero-order valence-electron chi connectivity index (χ0n) is 22.4. The molecule has 6 heteroatoms. The third-order valence-electron chi connectivity index (χ3n) is 6.27. The molecule has 3 aromatic rings. The molecule has 3 rings (SSSR count). The minimum atomic E-state index is -0.139. The van der Waals surface area contributed by atoms with E-state index in [2.05, 4.69) is 6.92 Å². The van der Waals surface area contributed by atoms with Gasteiger partial charge in [-0.2, -0.15) is 0 Å². The van der Waals surface area contributed by atoms with Crippen molar-refractivity contribution in [1.29, 1.82) is 0 Å². The number of amides is 2. The Morgan fingerprint density at radius 1 is 0.838 bits per heavy atom. The lowest BCUT2D eigenvalue weighted by Gasteiger charge is -2.27. The van der Waals surface area contributed by atoms with Crippen LogP contribution >= 0.6 is 0 Å². The fraction of sp³-hybridized carbons (Fsp3) is 0.419. The second-order valence-electron chi connectivity index (χ2n) is 9.33. The van der Waals surface area contributed by atoms with E-state index in [0.29, 0.717) is 44.8 Å². The Labute approximate surface area is 221 Å². The zero-order chi connectivity index (χ0) is 26.5. The van der Waals surface area contributed by atoms with E-state index in [1.807, 2.05) is 80.6 Å². The smallest absolute Gasteiger partial charge is 0.254 e. The number of carbonyl (C=O) groups excluding carboxylic acids is 2. The maximum Gasteiger partial charge on any atom is 0.254 e. The number of hydrogen-bond donors (Lipinski definition) is 0. The van der Waals surface area contributed by atoms with Gasteiger partial charge < -0.3 is 19.0 Å². The quantitative estimate of drug-likeness (QED) is 0.237. The molecule has 0 unspecified atom stereocenters. The zero-order valence-corrected chi connectivity index (χ0v) is 22.4. The van der Waals surface area contributed by atoms with Gasteiger partial charge in [0.05, 0.1) is 6.54 Å². The average Bonchev–Trinajstić information content (AvgIpc) is 3.33. The van der Waals surface area contributed by atoms with Crippen LogP contribution < -0.4 is 0 Å². The van der Waals surface area contributed by atoms with Crippen LogP contribution in [0.4, 0.5) is 0 Å². The Balaban J connectivity index is 1.77. The number of unbranched alkanes of at least 4 members (excludes halogenated alkanes) is 1. The van der Waals surface area contributed by atoms with Gasteiger partial charge in [-0.3, -0.25) is 9.59 Å². The highest BCUT2D eigenvalue weighted by molar-refractivity contribution is 5.96. The molecule has 1 aromatic heterocycles. The lowest BCUT2D eigenvalue weighted by molar-refractivity contribution is -0.133. The van der Waals surface area contributed by atoms with Gasteiger partial charge in [-0.05, 0) is 68.5 Å². The maximum absolute atomic E-state index is 13.6. The van der Waals surface area contributed by atoms with E-state index in [0.717, 1.165) is 36.3 Å². The first-order valence-electron chi connectivity index (χ1n) is 13.3. The maximum atomic E-state index is 13.6. The fourth-order valence-corrected chi connectivity index (χ4v) is 4.19. The van der Waals surface area contributed by atoms with Crippen molar-refractivity contribution in [3.63, 3.8) is 0 Å². The van der Waals surface area contributed by atoms with Crippen molar-refractivity contribution < 1.29 is 18.7 Å². The molecule has 0 aliphatic heterocycles. The van der Waals surface area contributed by atoms with E-state index in [4.69, 9.17) is 9.15 Å². The molecule has 2 aromatic carbocycles. The molecule has 0 spiro atoms. The lowest BCUT2D eigenvalue weighted by atomic mass is 10.1. The first-order chi connectivity index (χ1) is 18.0. The molecular formula is C31H40N2O4. The second kappa shape index (κ2) is 15.0. The van der Waals surface area contributed by atoms with Crippen LogP contribution in [-0.4, -0.2) is 47.9 Å². The van der Waals surface area contributed by atoms with E-state index in [9.17, 15) is 9.59 Å². The Morgan fingerprint density at radius 3 is 2.24 bits per heavy atom. The minimum absolute atomic E-state index is 0.00489. The van der Waals surface area contributed by atoms with Gasteiger partial charge in [-0.1, -0.05) is 55.8 Å². The number of benzene rings is 2. The lowest BCUT2D eigenvalue weighted by Crippen LogP contribution is -2.43. The summed E-state index contributed by atoms with van der Waals surface area (Å²) >= 11 is 0. The summed E-state index contributed by atoms with van der Waals surface area (Å²) < 4.78 is 11.3. The molecule has 37 heavy (non-hydrogen) atoms. The van der Waals surface area contributed by atoms with Gasteiger partial charge in [0, 0.05) is 31.9 Å².